The van der Waals surface area contributed by atoms with Crippen LogP contribution in [0.25, 0.3) is 0 Å². The van der Waals surface area contributed by atoms with E-state index in [1.54, 1.807) is 48.5 Å². The quantitative estimate of drug-likeness (QED) is 0.209. The number of hydrogen-bond donors (Lipinski definition) is 1. The fourth-order valence-electron chi connectivity index (χ4n) is 6.80. The molecular formula is C38H42N2O5S2. The number of piperidine rings is 1. The van der Waals surface area contributed by atoms with Crippen molar-refractivity contribution in [3.8, 4) is 0 Å². The second-order valence-electron chi connectivity index (χ2n) is 12.7. The maximum atomic E-state index is 14.7. The number of fused-ring (bicyclic) bond motifs is 1. The highest BCUT2D eigenvalue weighted by Gasteiger charge is 2.50. The van der Waals surface area contributed by atoms with Gasteiger partial charge in [0.25, 0.3) is 0 Å². The molecule has 0 saturated carbocycles. The summed E-state index contributed by atoms with van der Waals surface area (Å²) < 4.78 is 61.1. The van der Waals surface area contributed by atoms with Gasteiger partial charge in [-0.15, -0.1) is 0 Å². The Labute approximate surface area is 279 Å². The summed E-state index contributed by atoms with van der Waals surface area (Å²) in [5, 5.41) is 11.7. The minimum atomic E-state index is -4.09. The van der Waals surface area contributed by atoms with Crippen molar-refractivity contribution in [1.82, 2.24) is 8.61 Å². The molecule has 4 aromatic carbocycles. The summed E-state index contributed by atoms with van der Waals surface area (Å²) in [7, 11) is -8.12. The predicted octanol–water partition coefficient (Wildman–Crippen LogP) is 7.58. The molecule has 2 heterocycles. The standard InChI is InChI=1S/C38H42N2O5S2/c1-5-28-11-15-30(16-12-28)35-23-37-34(25-39(35)46(42,43)32-19-7-26(3)8-20-32)38(41)24-36(31-17-13-29(6-2)14-18-31)40(37)47(44,45)33-21-9-27(4)10-22-33/h7-22,35-37,41H,5-6,23-25H2,1-4H3/t35?,36?,37-/m0/s1. The first-order valence-corrected chi connectivity index (χ1v) is 19.1. The number of aliphatic hydroxyl groups is 1. The molecule has 4 aromatic rings. The Balaban J connectivity index is 1.52. The second kappa shape index (κ2) is 13.0. The van der Waals surface area contributed by atoms with E-state index in [0.717, 1.165) is 46.2 Å². The number of rotatable bonds is 8. The number of aryl methyl sites for hydroxylation is 4. The molecule has 0 radical (unpaired) electrons. The van der Waals surface area contributed by atoms with E-state index in [1.165, 1.54) is 8.61 Å². The van der Waals surface area contributed by atoms with E-state index < -0.39 is 38.2 Å². The van der Waals surface area contributed by atoms with Gasteiger partial charge in [0.15, 0.2) is 0 Å². The van der Waals surface area contributed by atoms with Gasteiger partial charge in [0.1, 0.15) is 0 Å². The zero-order valence-corrected chi connectivity index (χ0v) is 28.9. The third-order valence-electron chi connectivity index (χ3n) is 9.66. The predicted molar refractivity (Wildman–Crippen MR) is 185 cm³/mol. The third kappa shape index (κ3) is 6.29. The topological polar surface area (TPSA) is 95.0 Å². The number of hydrogen-bond acceptors (Lipinski definition) is 5. The normalized spacial score (nSPS) is 21.1. The molecule has 7 nitrogen and oxygen atoms in total. The summed E-state index contributed by atoms with van der Waals surface area (Å²) in [5.41, 5.74) is 6.10. The van der Waals surface area contributed by atoms with Gasteiger partial charge >= 0.3 is 0 Å². The molecule has 2 aliphatic heterocycles. The molecule has 0 aromatic heterocycles. The van der Waals surface area contributed by atoms with Gasteiger partial charge in [0.05, 0.1) is 33.7 Å². The number of sulfonamides is 2. The molecular weight excluding hydrogens is 629 g/mol. The number of aliphatic hydroxyl groups excluding tert-OH is 1. The fraction of sp³-hybridized carbons (Fsp3) is 0.316. The highest BCUT2D eigenvalue weighted by atomic mass is 32.2. The Kier molecular flexibility index (Phi) is 9.19. The molecule has 246 valence electrons. The SMILES string of the molecule is CCc1ccc(C2C[C@H]3C(=C(O)CC(c4ccc(CC)cc4)N3S(=O)(=O)c3ccc(C)cc3)CN2S(=O)(=O)c2ccc(C)cc2)cc1. The van der Waals surface area contributed by atoms with Crippen molar-refractivity contribution in [2.45, 2.75) is 81.3 Å². The second-order valence-corrected chi connectivity index (χ2v) is 16.4. The lowest BCUT2D eigenvalue weighted by Gasteiger charge is -2.49. The molecule has 3 atom stereocenters. The summed E-state index contributed by atoms with van der Waals surface area (Å²) in [5.74, 6) is 0.0406. The smallest absolute Gasteiger partial charge is 0.244 e. The average molecular weight is 671 g/mol. The molecule has 1 N–H and O–H groups in total. The van der Waals surface area contributed by atoms with Crippen LogP contribution in [0.3, 0.4) is 0 Å². The Morgan fingerprint density at radius 1 is 0.617 bits per heavy atom. The number of nitrogens with zero attached hydrogens (tertiary/aromatic N) is 2. The highest BCUT2D eigenvalue weighted by Crippen LogP contribution is 2.48. The first kappa shape index (κ1) is 33.2. The zero-order chi connectivity index (χ0) is 33.5. The van der Waals surface area contributed by atoms with Gasteiger partial charge < -0.3 is 5.11 Å². The van der Waals surface area contributed by atoms with Gasteiger partial charge in [0.2, 0.25) is 20.0 Å². The Hall–Kier alpha value is -3.76. The highest BCUT2D eigenvalue weighted by molar-refractivity contribution is 7.89. The van der Waals surface area contributed by atoms with E-state index in [9.17, 15) is 21.9 Å². The summed E-state index contributed by atoms with van der Waals surface area (Å²) >= 11 is 0. The van der Waals surface area contributed by atoms with Crippen LogP contribution in [0.4, 0.5) is 0 Å². The minimum absolute atomic E-state index is 0.0384. The van der Waals surface area contributed by atoms with Gasteiger partial charge in [0, 0.05) is 18.5 Å². The van der Waals surface area contributed by atoms with Crippen LogP contribution in [0.15, 0.2) is 118 Å². The van der Waals surface area contributed by atoms with Gasteiger partial charge in [-0.3, -0.25) is 0 Å². The van der Waals surface area contributed by atoms with E-state index >= 15 is 0 Å². The van der Waals surface area contributed by atoms with Crippen molar-refractivity contribution in [1.29, 1.82) is 0 Å². The minimum Gasteiger partial charge on any atom is -0.512 e. The molecule has 0 amide bonds. The van der Waals surface area contributed by atoms with Gasteiger partial charge in [-0.2, -0.15) is 8.61 Å². The van der Waals surface area contributed by atoms with Crippen molar-refractivity contribution < 1.29 is 21.9 Å². The molecule has 1 saturated heterocycles. The summed E-state index contributed by atoms with van der Waals surface area (Å²) in [6.45, 7) is 7.81. The lowest BCUT2D eigenvalue weighted by Crippen LogP contribution is -2.54. The van der Waals surface area contributed by atoms with Crippen LogP contribution >= 0.6 is 0 Å². The van der Waals surface area contributed by atoms with Crippen LogP contribution < -0.4 is 0 Å². The van der Waals surface area contributed by atoms with Gasteiger partial charge in [-0.1, -0.05) is 97.8 Å². The van der Waals surface area contributed by atoms with Crippen LogP contribution in [0.5, 0.6) is 0 Å². The van der Waals surface area contributed by atoms with Crippen LogP contribution in [-0.2, 0) is 32.9 Å². The van der Waals surface area contributed by atoms with Crippen LogP contribution in [0.1, 0.15) is 72.2 Å². The molecule has 2 unspecified atom stereocenters. The lowest BCUT2D eigenvalue weighted by molar-refractivity contribution is 0.144. The Bertz CT molecular complexity index is 1990. The van der Waals surface area contributed by atoms with Crippen molar-refractivity contribution in [3.05, 3.63) is 142 Å². The van der Waals surface area contributed by atoms with Crippen LogP contribution in [0.2, 0.25) is 0 Å². The lowest BCUT2D eigenvalue weighted by atomic mass is 9.84. The zero-order valence-electron chi connectivity index (χ0n) is 27.3. The summed E-state index contributed by atoms with van der Waals surface area (Å²) in [6.07, 6.45) is 1.86. The van der Waals surface area contributed by atoms with Crippen molar-refractivity contribution in [2.75, 3.05) is 6.54 Å². The molecule has 2 aliphatic rings. The van der Waals surface area contributed by atoms with E-state index in [2.05, 4.69) is 13.8 Å². The molecule has 1 fully saturated rings. The van der Waals surface area contributed by atoms with Gasteiger partial charge in [-0.25, -0.2) is 16.8 Å². The Morgan fingerprint density at radius 3 is 1.53 bits per heavy atom. The molecule has 47 heavy (non-hydrogen) atoms. The van der Waals surface area contributed by atoms with Crippen LogP contribution in [-0.4, -0.2) is 43.1 Å². The first-order chi connectivity index (χ1) is 22.4. The van der Waals surface area contributed by atoms with Crippen molar-refractivity contribution in [2.24, 2.45) is 0 Å². The monoisotopic (exact) mass is 670 g/mol. The van der Waals surface area contributed by atoms with E-state index in [0.29, 0.717) is 5.57 Å². The fourth-order valence-corrected chi connectivity index (χ4v) is 10.2. The molecule has 9 heteroatoms. The van der Waals surface area contributed by atoms with Crippen molar-refractivity contribution >= 4 is 20.0 Å². The van der Waals surface area contributed by atoms with E-state index in [1.807, 2.05) is 62.4 Å². The van der Waals surface area contributed by atoms with E-state index in [-0.39, 0.29) is 34.9 Å². The van der Waals surface area contributed by atoms with Crippen LogP contribution in [0, 0.1) is 13.8 Å². The third-order valence-corrected chi connectivity index (χ3v) is 13.5. The van der Waals surface area contributed by atoms with E-state index in [4.69, 9.17) is 0 Å². The summed E-state index contributed by atoms with van der Waals surface area (Å²) in [6, 6.07) is 27.2. The first-order valence-electron chi connectivity index (χ1n) is 16.2. The molecule has 0 aliphatic carbocycles. The molecule has 0 bridgehead atoms. The average Bonchev–Trinajstić information content (AvgIpc) is 3.08. The maximum absolute atomic E-state index is 14.7. The summed E-state index contributed by atoms with van der Waals surface area (Å²) in [4.78, 5) is 0.322. The Morgan fingerprint density at radius 2 is 1.06 bits per heavy atom. The van der Waals surface area contributed by atoms with Gasteiger partial charge in [-0.05, 0) is 79.6 Å². The molecule has 0 spiro atoms. The maximum Gasteiger partial charge on any atom is 0.244 e. The molecule has 6 rings (SSSR count). The van der Waals surface area contributed by atoms with Crippen molar-refractivity contribution in [3.63, 3.8) is 0 Å². The largest absolute Gasteiger partial charge is 0.512 e. The number of benzene rings is 4.